The number of rotatable bonds is 28. The molecule has 0 aromatic heterocycles. The van der Waals surface area contributed by atoms with Crippen LogP contribution in [0.25, 0.3) is 10.8 Å². The summed E-state index contributed by atoms with van der Waals surface area (Å²) in [5.41, 5.74) is 0.985. The Labute approximate surface area is 423 Å². The predicted molar refractivity (Wildman–Crippen MR) is 265 cm³/mol. The molecule has 4 amide bonds. The maximum Gasteiger partial charge on any atom is 0.326 e. The summed E-state index contributed by atoms with van der Waals surface area (Å²) in [5.74, 6) is -7.11. The van der Waals surface area contributed by atoms with Gasteiger partial charge in [-0.15, -0.1) is 0 Å². The minimum Gasteiger partial charge on any atom is -0.481 e. The molecule has 2 aliphatic rings. The topological polar surface area (TPSA) is 348 Å². The van der Waals surface area contributed by atoms with Crippen LogP contribution >= 0.6 is 0 Å². The molecular weight excluding hydrogens is 955 g/mol. The number of urea groups is 1. The van der Waals surface area contributed by atoms with Gasteiger partial charge in [-0.3, -0.25) is 48.4 Å². The number of hydrogen-bond donors (Lipinski definition) is 11. The first-order chi connectivity index (χ1) is 34.8. The molecule has 1 heterocycles. The van der Waals surface area contributed by atoms with E-state index >= 15 is 0 Å². The Morgan fingerprint density at radius 2 is 1.00 bits per heavy atom. The Hall–Kier alpha value is -6.47. The lowest BCUT2D eigenvalue weighted by molar-refractivity contribution is -0.141. The van der Waals surface area contributed by atoms with Gasteiger partial charge in [0, 0.05) is 71.9 Å². The monoisotopic (exact) mass is 1030 g/mol. The van der Waals surface area contributed by atoms with E-state index in [0.717, 1.165) is 42.0 Å². The summed E-state index contributed by atoms with van der Waals surface area (Å²) in [5, 5.41) is 72.4. The lowest BCUT2D eigenvalue weighted by atomic mass is 9.81. The molecule has 0 bridgehead atoms. The number of amides is 4. The lowest BCUT2D eigenvalue weighted by Crippen LogP contribution is -2.51. The van der Waals surface area contributed by atoms with Crippen LogP contribution in [0.15, 0.2) is 42.5 Å². The standard InChI is InChI=1S/C49H73N9O15/c59-41(29-55-18-20-56(30-43(62)63)22-24-58(32-45(66)67)25-23-57(21-19-55)31-44(64)65)52-28-34-13-11-33(12-14-34)27-51-40(26-36-8-5-7-35-6-1-2-9-37(35)36)46(68)50-17-4-3-10-38(47(69)70)53-49(73)54-39(48(71)72)15-16-42(60)61/h1-2,5-9,33-34,38-40,51H,3-4,10-32H2,(H,50,68)(H,52,59)(H,60,61)(H,62,63)(H,64,65)(H,66,67)(H,69,70)(H,71,72)(H2,53,54,73). The van der Waals surface area contributed by atoms with Gasteiger partial charge < -0.3 is 57.2 Å². The molecule has 0 spiro atoms. The molecule has 0 radical (unpaired) electrons. The molecule has 73 heavy (non-hydrogen) atoms. The second-order valence-electron chi connectivity index (χ2n) is 18.9. The Morgan fingerprint density at radius 3 is 1.51 bits per heavy atom. The SMILES string of the molecule is O=C(O)CCC(NC(=O)NC(CCCCNC(=O)C(Cc1cccc2ccccc12)NCC1CCC(CNC(=O)CN2CCN(CC(=O)O)CCN(CC(=O)O)CCN(CC(=O)O)CC2)CC1)C(=O)O)C(=O)O. The van der Waals surface area contributed by atoms with Crippen LogP contribution in [0, 0.1) is 11.8 Å². The number of carboxylic acids is 6. The molecule has 4 rings (SSSR count). The molecule has 2 fully saturated rings. The van der Waals surface area contributed by atoms with Gasteiger partial charge >= 0.3 is 41.8 Å². The van der Waals surface area contributed by atoms with E-state index in [1.165, 1.54) is 0 Å². The van der Waals surface area contributed by atoms with Gasteiger partial charge in [-0.25, -0.2) is 14.4 Å². The Bertz CT molecular complexity index is 2140. The number of benzene rings is 2. The summed E-state index contributed by atoms with van der Waals surface area (Å²) in [6.07, 6.45) is 3.58. The van der Waals surface area contributed by atoms with Gasteiger partial charge in [0.05, 0.1) is 32.2 Å². The van der Waals surface area contributed by atoms with Crippen LogP contribution in [-0.4, -0.2) is 220 Å². The van der Waals surface area contributed by atoms with Crippen LogP contribution in [0.3, 0.4) is 0 Å². The van der Waals surface area contributed by atoms with Crippen LogP contribution < -0.4 is 26.6 Å². The second kappa shape index (κ2) is 31.2. The van der Waals surface area contributed by atoms with Gasteiger partial charge in [0.15, 0.2) is 0 Å². The van der Waals surface area contributed by atoms with Crippen molar-refractivity contribution in [1.82, 2.24) is 46.2 Å². The van der Waals surface area contributed by atoms with E-state index < -0.39 is 66.4 Å². The minimum atomic E-state index is -1.53. The van der Waals surface area contributed by atoms with E-state index in [-0.39, 0.29) is 95.4 Å². The van der Waals surface area contributed by atoms with E-state index in [2.05, 4.69) is 26.6 Å². The average Bonchev–Trinajstić information content (AvgIpc) is 3.33. The summed E-state index contributed by atoms with van der Waals surface area (Å²) >= 11 is 0. The Balaban J connectivity index is 1.28. The number of nitrogens with one attached hydrogen (secondary N) is 5. The van der Waals surface area contributed by atoms with Crippen LogP contribution in [0.1, 0.15) is 63.4 Å². The van der Waals surface area contributed by atoms with Crippen molar-refractivity contribution in [3.63, 3.8) is 0 Å². The quantitative estimate of drug-likeness (QED) is 0.0503. The normalized spacial score (nSPS) is 19.0. The average molecular weight is 1030 g/mol. The first kappa shape index (κ1) is 59.1. The molecule has 2 aromatic rings. The van der Waals surface area contributed by atoms with Crippen LogP contribution in [0.5, 0.6) is 0 Å². The summed E-state index contributed by atoms with van der Waals surface area (Å²) < 4.78 is 0. The molecule has 1 aliphatic carbocycles. The number of aliphatic carboxylic acids is 6. The highest BCUT2D eigenvalue weighted by molar-refractivity contribution is 5.88. The number of carbonyl (C=O) groups is 9. The number of unbranched alkanes of at least 4 members (excludes halogenated alkanes) is 1. The van der Waals surface area contributed by atoms with Crippen LogP contribution in [-0.2, 0) is 44.8 Å². The molecule has 3 unspecified atom stereocenters. The van der Waals surface area contributed by atoms with Crippen LogP contribution in [0.2, 0.25) is 0 Å². The zero-order valence-corrected chi connectivity index (χ0v) is 41.3. The van der Waals surface area contributed by atoms with Gasteiger partial charge in [-0.1, -0.05) is 42.5 Å². The van der Waals surface area contributed by atoms with E-state index in [1.54, 1.807) is 14.7 Å². The number of fused-ring (bicyclic) bond motifs is 1. The maximum absolute atomic E-state index is 13.8. The number of carbonyl (C=O) groups excluding carboxylic acids is 3. The molecule has 24 nitrogen and oxygen atoms in total. The third-order valence-corrected chi connectivity index (χ3v) is 13.3. The highest BCUT2D eigenvalue weighted by Crippen LogP contribution is 2.28. The third-order valence-electron chi connectivity index (χ3n) is 13.3. The molecule has 404 valence electrons. The van der Waals surface area contributed by atoms with Gasteiger partial charge in [0.25, 0.3) is 0 Å². The number of hydrogen-bond acceptors (Lipinski definition) is 14. The maximum atomic E-state index is 13.8. The van der Waals surface area contributed by atoms with Crippen molar-refractivity contribution in [1.29, 1.82) is 0 Å². The van der Waals surface area contributed by atoms with Gasteiger partial charge in [0.1, 0.15) is 12.1 Å². The van der Waals surface area contributed by atoms with Crippen molar-refractivity contribution in [3.8, 4) is 0 Å². The zero-order valence-electron chi connectivity index (χ0n) is 41.3. The van der Waals surface area contributed by atoms with E-state index in [9.17, 15) is 68.7 Å². The second-order valence-corrected chi connectivity index (χ2v) is 18.9. The summed E-state index contributed by atoms with van der Waals surface area (Å²) in [7, 11) is 0. The first-order valence-electron chi connectivity index (χ1n) is 24.9. The fourth-order valence-corrected chi connectivity index (χ4v) is 9.15. The minimum absolute atomic E-state index is 0.0168. The Kier molecular flexibility index (Phi) is 25.3. The van der Waals surface area contributed by atoms with Crippen molar-refractivity contribution in [2.45, 2.75) is 82.3 Å². The Morgan fingerprint density at radius 1 is 0.521 bits per heavy atom. The summed E-state index contributed by atoms with van der Waals surface area (Å²) in [6.45, 7) is 2.89. The van der Waals surface area contributed by atoms with Gasteiger partial charge in [0.2, 0.25) is 11.8 Å². The summed E-state index contributed by atoms with van der Waals surface area (Å²) in [6, 6.07) is 9.29. The number of carboxylic acid groups (broad SMARTS) is 6. The van der Waals surface area contributed by atoms with Gasteiger partial charge in [-0.2, -0.15) is 0 Å². The first-order valence-corrected chi connectivity index (χ1v) is 24.9. The van der Waals surface area contributed by atoms with Crippen molar-refractivity contribution in [2.24, 2.45) is 11.8 Å². The summed E-state index contributed by atoms with van der Waals surface area (Å²) in [4.78, 5) is 116. The molecule has 1 saturated heterocycles. The van der Waals surface area contributed by atoms with E-state index in [1.807, 2.05) is 47.4 Å². The highest BCUT2D eigenvalue weighted by atomic mass is 16.4. The largest absolute Gasteiger partial charge is 0.481 e. The smallest absolute Gasteiger partial charge is 0.326 e. The number of nitrogens with zero attached hydrogens (tertiary/aromatic N) is 4. The molecule has 2 aromatic carbocycles. The van der Waals surface area contributed by atoms with Gasteiger partial charge in [-0.05, 0) is 92.5 Å². The fraction of sp³-hybridized carbons (Fsp3) is 0.612. The van der Waals surface area contributed by atoms with E-state index in [0.29, 0.717) is 58.5 Å². The highest BCUT2D eigenvalue weighted by Gasteiger charge is 2.28. The molecular formula is C49H73N9O15. The van der Waals surface area contributed by atoms with Crippen molar-refractivity contribution in [3.05, 3.63) is 48.0 Å². The van der Waals surface area contributed by atoms with Crippen molar-refractivity contribution in [2.75, 3.05) is 98.2 Å². The molecule has 1 aliphatic heterocycles. The molecule has 24 heteroatoms. The van der Waals surface area contributed by atoms with Crippen molar-refractivity contribution >= 4 is 64.4 Å². The van der Waals surface area contributed by atoms with E-state index in [4.69, 9.17) is 5.11 Å². The fourth-order valence-electron chi connectivity index (χ4n) is 9.15. The van der Waals surface area contributed by atoms with Crippen LogP contribution in [0.4, 0.5) is 4.79 Å². The molecule has 11 N–H and O–H groups in total. The third kappa shape index (κ3) is 22.9. The molecule has 1 saturated carbocycles. The zero-order chi connectivity index (χ0) is 53.3. The lowest BCUT2D eigenvalue weighted by Gasteiger charge is -2.33. The van der Waals surface area contributed by atoms with Crippen molar-refractivity contribution < 1.29 is 73.8 Å². The molecule has 3 atom stereocenters. The predicted octanol–water partition coefficient (Wildman–Crippen LogP) is 0.0954.